The Hall–Kier alpha value is -3.02. The minimum absolute atomic E-state index is 0.115. The zero-order chi connectivity index (χ0) is 22.1. The first kappa shape index (κ1) is 23.3. The molecular weight excluding hydrogens is 380 g/mol. The van der Waals surface area contributed by atoms with Crippen LogP contribution in [-0.4, -0.2) is 19.3 Å². The van der Waals surface area contributed by atoms with Crippen LogP contribution in [0.1, 0.15) is 69.1 Å². The summed E-state index contributed by atoms with van der Waals surface area (Å²) in [6, 6.07) is 15.4. The minimum atomic E-state index is -0.745. The van der Waals surface area contributed by atoms with Crippen molar-refractivity contribution >= 4 is 17.9 Å². The number of methoxy groups -OCH3 is 1. The molecular formula is C24H32N2O4. The molecule has 0 spiro atoms. The van der Waals surface area contributed by atoms with Crippen molar-refractivity contribution in [2.75, 3.05) is 12.1 Å². The summed E-state index contributed by atoms with van der Waals surface area (Å²) in [4.78, 5) is 24.9. The fourth-order valence-electron chi connectivity index (χ4n) is 3.24. The van der Waals surface area contributed by atoms with Crippen LogP contribution in [0.3, 0.4) is 0 Å². The lowest BCUT2D eigenvalue weighted by Gasteiger charge is -2.26. The smallest absolute Gasteiger partial charge is 0.433 e. The topological polar surface area (TPSA) is 67.9 Å². The van der Waals surface area contributed by atoms with Crippen LogP contribution in [0, 0.1) is 0 Å². The number of carbonyl (C=O) groups excluding carboxylic acids is 2. The first-order chi connectivity index (χ1) is 14.4. The number of nitrogens with zero attached hydrogens (tertiary/aromatic N) is 1. The van der Waals surface area contributed by atoms with Gasteiger partial charge in [0.1, 0.15) is 6.61 Å². The van der Waals surface area contributed by atoms with Crippen LogP contribution in [0.2, 0.25) is 0 Å². The second kappa shape index (κ2) is 11.2. The zero-order valence-corrected chi connectivity index (χ0v) is 18.5. The summed E-state index contributed by atoms with van der Waals surface area (Å²) < 4.78 is 10.3. The average molecular weight is 413 g/mol. The zero-order valence-electron chi connectivity index (χ0n) is 18.5. The molecule has 0 saturated heterocycles. The minimum Gasteiger partial charge on any atom is -0.452 e. The van der Waals surface area contributed by atoms with Crippen LogP contribution in [0.25, 0.3) is 0 Å². The van der Waals surface area contributed by atoms with Crippen molar-refractivity contribution in [3.05, 3.63) is 65.2 Å². The molecule has 162 valence electrons. The van der Waals surface area contributed by atoms with Gasteiger partial charge >= 0.3 is 12.2 Å². The average Bonchev–Trinajstić information content (AvgIpc) is 2.79. The van der Waals surface area contributed by atoms with Gasteiger partial charge < -0.3 is 9.47 Å². The van der Waals surface area contributed by atoms with E-state index in [-0.39, 0.29) is 12.5 Å². The number of hydrazine groups is 1. The highest BCUT2D eigenvalue weighted by Crippen LogP contribution is 2.29. The number of amides is 2. The van der Waals surface area contributed by atoms with Gasteiger partial charge in [0.05, 0.1) is 12.8 Å². The Labute approximate surface area is 179 Å². The molecule has 0 heterocycles. The van der Waals surface area contributed by atoms with E-state index in [4.69, 9.17) is 9.47 Å². The number of rotatable bonds is 7. The number of anilines is 1. The van der Waals surface area contributed by atoms with Crippen molar-refractivity contribution in [1.82, 2.24) is 5.43 Å². The summed E-state index contributed by atoms with van der Waals surface area (Å²) in [5.41, 5.74) is 6.10. The van der Waals surface area contributed by atoms with E-state index in [1.807, 2.05) is 36.4 Å². The van der Waals surface area contributed by atoms with Gasteiger partial charge in [0.15, 0.2) is 0 Å². The molecule has 2 rings (SSSR count). The molecule has 30 heavy (non-hydrogen) atoms. The van der Waals surface area contributed by atoms with Gasteiger partial charge in [0.25, 0.3) is 0 Å². The lowest BCUT2D eigenvalue weighted by molar-refractivity contribution is 0.137. The quantitative estimate of drug-likeness (QED) is 0.556. The Kier molecular flexibility index (Phi) is 8.71. The second-order valence-corrected chi connectivity index (χ2v) is 7.37. The molecule has 0 radical (unpaired) electrons. The van der Waals surface area contributed by atoms with E-state index in [2.05, 4.69) is 39.2 Å². The molecule has 0 aliphatic rings. The highest BCUT2D eigenvalue weighted by atomic mass is 16.6. The van der Waals surface area contributed by atoms with Gasteiger partial charge in [-0.25, -0.2) is 15.0 Å². The van der Waals surface area contributed by atoms with E-state index < -0.39 is 12.2 Å². The Balaban J connectivity index is 2.29. The molecule has 0 saturated carbocycles. The summed E-state index contributed by atoms with van der Waals surface area (Å²) in [5, 5.41) is 1.12. The molecule has 0 aliphatic carbocycles. The number of carbonyl (C=O) groups is 2. The van der Waals surface area contributed by atoms with E-state index in [1.54, 1.807) is 6.07 Å². The highest BCUT2D eigenvalue weighted by molar-refractivity contribution is 5.91. The summed E-state index contributed by atoms with van der Waals surface area (Å²) in [6.45, 7) is 8.53. The number of hydrogen-bond acceptors (Lipinski definition) is 4. The molecule has 2 aromatic carbocycles. The predicted octanol–water partition coefficient (Wildman–Crippen LogP) is 6.13. The lowest BCUT2D eigenvalue weighted by Crippen LogP contribution is -2.47. The lowest BCUT2D eigenvalue weighted by atomic mass is 9.94. The third-order valence-electron chi connectivity index (χ3n) is 5.44. The van der Waals surface area contributed by atoms with Crippen LogP contribution in [-0.2, 0) is 16.1 Å². The van der Waals surface area contributed by atoms with E-state index >= 15 is 0 Å². The molecule has 2 unspecified atom stereocenters. The van der Waals surface area contributed by atoms with Crippen LogP contribution in [0.5, 0.6) is 0 Å². The first-order valence-electron chi connectivity index (χ1n) is 10.4. The van der Waals surface area contributed by atoms with E-state index in [0.717, 1.165) is 34.5 Å². The summed E-state index contributed by atoms with van der Waals surface area (Å²) in [5.74, 6) is 0.553. The van der Waals surface area contributed by atoms with Gasteiger partial charge in [-0.1, -0.05) is 70.2 Å². The maximum absolute atomic E-state index is 13.0. The molecule has 0 aromatic heterocycles. The Morgan fingerprint density at radius 3 is 2.13 bits per heavy atom. The van der Waals surface area contributed by atoms with E-state index in [9.17, 15) is 9.59 Å². The van der Waals surface area contributed by atoms with Crippen LogP contribution < -0.4 is 10.4 Å². The van der Waals surface area contributed by atoms with Crippen LogP contribution in [0.4, 0.5) is 15.3 Å². The number of benzene rings is 2. The molecule has 0 aliphatic heterocycles. The molecule has 2 aromatic rings. The molecule has 6 heteroatoms. The summed E-state index contributed by atoms with van der Waals surface area (Å²) >= 11 is 0. The van der Waals surface area contributed by atoms with Gasteiger partial charge in [0, 0.05) is 0 Å². The van der Waals surface area contributed by atoms with Gasteiger partial charge in [-0.15, -0.1) is 0 Å². The first-order valence-corrected chi connectivity index (χ1v) is 10.4. The molecule has 0 bridgehead atoms. The maximum atomic E-state index is 13.0. The summed E-state index contributed by atoms with van der Waals surface area (Å²) in [6.07, 6.45) is 0.463. The monoisotopic (exact) mass is 412 g/mol. The fraction of sp³-hybridized carbons (Fsp3) is 0.417. The molecule has 1 N–H and O–H groups in total. The standard InChI is InChI=1S/C24H32N2O4/c1-6-17(3)20-13-9-8-12-19(20)16-30-24(28)26(25-23(27)29-5)22-15-11-10-14-21(22)18(4)7-2/h8-15,17-18H,6-7,16H2,1-5H3,(H,25,27). The van der Waals surface area contributed by atoms with Crippen molar-refractivity contribution < 1.29 is 19.1 Å². The fourth-order valence-corrected chi connectivity index (χ4v) is 3.24. The Morgan fingerprint density at radius 2 is 1.50 bits per heavy atom. The SMILES string of the molecule is CCC(C)c1ccccc1COC(=O)N(NC(=O)OC)c1ccccc1C(C)CC. The van der Waals surface area contributed by atoms with E-state index in [1.165, 1.54) is 7.11 Å². The second-order valence-electron chi connectivity index (χ2n) is 7.37. The normalized spacial score (nSPS) is 12.6. The van der Waals surface area contributed by atoms with Gasteiger partial charge in [-0.2, -0.15) is 5.01 Å². The highest BCUT2D eigenvalue weighted by Gasteiger charge is 2.24. The largest absolute Gasteiger partial charge is 0.452 e. The van der Waals surface area contributed by atoms with Crippen LogP contribution >= 0.6 is 0 Å². The third-order valence-corrected chi connectivity index (χ3v) is 5.44. The maximum Gasteiger partial charge on any atom is 0.433 e. The Morgan fingerprint density at radius 1 is 0.933 bits per heavy atom. The van der Waals surface area contributed by atoms with Gasteiger partial charge in [-0.3, -0.25) is 0 Å². The molecule has 0 fully saturated rings. The van der Waals surface area contributed by atoms with E-state index in [0.29, 0.717) is 11.6 Å². The number of para-hydroxylation sites is 1. The number of nitrogens with one attached hydrogen (secondary N) is 1. The number of ether oxygens (including phenoxy) is 2. The van der Waals surface area contributed by atoms with Crippen LogP contribution in [0.15, 0.2) is 48.5 Å². The third kappa shape index (κ3) is 5.75. The van der Waals surface area contributed by atoms with Crippen molar-refractivity contribution in [1.29, 1.82) is 0 Å². The predicted molar refractivity (Wildman–Crippen MR) is 119 cm³/mol. The van der Waals surface area contributed by atoms with Crippen molar-refractivity contribution in [3.8, 4) is 0 Å². The van der Waals surface area contributed by atoms with Crippen molar-refractivity contribution in [3.63, 3.8) is 0 Å². The Bertz CT molecular complexity index is 853. The van der Waals surface area contributed by atoms with Gasteiger partial charge in [-0.05, 0) is 47.4 Å². The van der Waals surface area contributed by atoms with Gasteiger partial charge in [0.2, 0.25) is 0 Å². The van der Waals surface area contributed by atoms with Crippen molar-refractivity contribution in [2.24, 2.45) is 0 Å². The number of hydrogen-bond donors (Lipinski definition) is 1. The molecule has 6 nitrogen and oxygen atoms in total. The molecule has 2 amide bonds. The summed E-state index contributed by atoms with van der Waals surface area (Å²) in [7, 11) is 1.25. The molecule has 2 atom stereocenters. The van der Waals surface area contributed by atoms with Crippen molar-refractivity contribution in [2.45, 2.75) is 59.0 Å².